The second-order valence-electron chi connectivity index (χ2n) is 5.79. The fraction of sp³-hybridized carbons (Fsp3) is 0.400. The van der Waals surface area contributed by atoms with Crippen LogP contribution in [0.5, 0.6) is 0 Å². The predicted octanol–water partition coefficient (Wildman–Crippen LogP) is 1.89. The zero-order valence-corrected chi connectivity index (χ0v) is 11.8. The Bertz CT molecular complexity index is 699. The molecule has 1 aliphatic rings. The number of aliphatic carboxylic acids is 1. The van der Waals surface area contributed by atoms with E-state index in [0.717, 1.165) is 11.0 Å². The smallest absolute Gasteiger partial charge is 0.309 e. The molecule has 2 aromatic rings. The van der Waals surface area contributed by atoms with E-state index < -0.39 is 11.4 Å². The summed E-state index contributed by atoms with van der Waals surface area (Å²) in [7, 11) is 0. The van der Waals surface area contributed by atoms with Gasteiger partial charge >= 0.3 is 5.97 Å². The molecule has 2 N–H and O–H groups in total. The number of rotatable bonds is 2. The Balaban J connectivity index is 1.76. The van der Waals surface area contributed by atoms with Crippen molar-refractivity contribution in [3.05, 3.63) is 30.1 Å². The third kappa shape index (κ3) is 2.37. The van der Waals surface area contributed by atoms with Gasteiger partial charge in [-0.2, -0.15) is 0 Å². The summed E-state index contributed by atoms with van der Waals surface area (Å²) < 4.78 is 0. The lowest BCUT2D eigenvalue weighted by molar-refractivity contribution is -0.150. The Hall–Kier alpha value is -2.37. The molecule has 0 radical (unpaired) electrons. The number of imidazole rings is 1. The first-order valence-electron chi connectivity index (χ1n) is 6.95. The van der Waals surface area contributed by atoms with Crippen molar-refractivity contribution < 1.29 is 14.7 Å². The largest absolute Gasteiger partial charge is 0.481 e. The standard InChI is InChI=1S/C15H17N3O3/c1-15(14(20)21)4-6-18(7-5-15)13(19)10-2-3-11-12(8-10)17-9-16-11/h2-3,8-9H,4-7H2,1H3,(H,16,17)(H,20,21). The number of fused-ring (bicyclic) bond motifs is 1. The molecule has 1 saturated heterocycles. The summed E-state index contributed by atoms with van der Waals surface area (Å²) in [6.45, 7) is 2.69. The Morgan fingerprint density at radius 1 is 1.33 bits per heavy atom. The topological polar surface area (TPSA) is 86.3 Å². The lowest BCUT2D eigenvalue weighted by Gasteiger charge is -2.36. The van der Waals surface area contributed by atoms with Gasteiger partial charge in [-0.3, -0.25) is 9.59 Å². The average molecular weight is 287 g/mol. The summed E-state index contributed by atoms with van der Waals surface area (Å²) in [5.41, 5.74) is 1.53. The van der Waals surface area contributed by atoms with Gasteiger partial charge in [0.05, 0.1) is 22.8 Å². The molecule has 0 saturated carbocycles. The van der Waals surface area contributed by atoms with Crippen LogP contribution in [0.3, 0.4) is 0 Å². The third-order valence-electron chi connectivity index (χ3n) is 4.34. The van der Waals surface area contributed by atoms with Crippen LogP contribution in [0.15, 0.2) is 24.5 Å². The van der Waals surface area contributed by atoms with Gasteiger partial charge in [-0.1, -0.05) is 0 Å². The number of likely N-dealkylation sites (tertiary alicyclic amines) is 1. The second kappa shape index (κ2) is 4.87. The molecule has 1 amide bonds. The van der Waals surface area contributed by atoms with Crippen LogP contribution < -0.4 is 0 Å². The second-order valence-corrected chi connectivity index (χ2v) is 5.79. The molecule has 1 aliphatic heterocycles. The number of carbonyl (C=O) groups excluding carboxylic acids is 1. The van der Waals surface area contributed by atoms with E-state index in [-0.39, 0.29) is 5.91 Å². The van der Waals surface area contributed by atoms with Crippen LogP contribution in [-0.4, -0.2) is 44.9 Å². The molecular weight excluding hydrogens is 270 g/mol. The highest BCUT2D eigenvalue weighted by Crippen LogP contribution is 2.31. The van der Waals surface area contributed by atoms with Gasteiger partial charge in [0.25, 0.3) is 5.91 Å². The predicted molar refractivity (Wildman–Crippen MR) is 77.0 cm³/mol. The third-order valence-corrected chi connectivity index (χ3v) is 4.34. The summed E-state index contributed by atoms with van der Waals surface area (Å²) in [4.78, 5) is 32.6. The minimum absolute atomic E-state index is 0.0565. The maximum atomic E-state index is 12.5. The van der Waals surface area contributed by atoms with E-state index in [2.05, 4.69) is 9.97 Å². The Morgan fingerprint density at radius 2 is 2.05 bits per heavy atom. The number of carboxylic acid groups (broad SMARTS) is 1. The molecule has 0 atom stereocenters. The Labute approximate surface area is 121 Å². The number of benzene rings is 1. The molecule has 1 aromatic carbocycles. The number of H-pyrrole nitrogens is 1. The van der Waals surface area contributed by atoms with Gasteiger partial charge in [0.15, 0.2) is 0 Å². The molecule has 0 aliphatic carbocycles. The number of nitrogens with zero attached hydrogens (tertiary/aromatic N) is 2. The maximum Gasteiger partial charge on any atom is 0.309 e. The Kier molecular flexibility index (Phi) is 3.16. The van der Waals surface area contributed by atoms with Crippen molar-refractivity contribution in [2.45, 2.75) is 19.8 Å². The van der Waals surface area contributed by atoms with Crippen molar-refractivity contribution in [1.29, 1.82) is 0 Å². The van der Waals surface area contributed by atoms with Crippen LogP contribution in [-0.2, 0) is 4.79 Å². The lowest BCUT2D eigenvalue weighted by Crippen LogP contribution is -2.45. The first-order chi connectivity index (χ1) is 9.99. The van der Waals surface area contributed by atoms with E-state index in [0.29, 0.717) is 31.5 Å². The van der Waals surface area contributed by atoms with Gasteiger partial charge in [-0.25, -0.2) is 4.98 Å². The van der Waals surface area contributed by atoms with E-state index in [1.165, 1.54) is 0 Å². The number of carboxylic acids is 1. The number of hydrogen-bond acceptors (Lipinski definition) is 3. The highest BCUT2D eigenvalue weighted by atomic mass is 16.4. The fourth-order valence-corrected chi connectivity index (χ4v) is 2.67. The van der Waals surface area contributed by atoms with Crippen molar-refractivity contribution in [3.63, 3.8) is 0 Å². The van der Waals surface area contributed by atoms with Crippen molar-refractivity contribution in [2.24, 2.45) is 5.41 Å². The van der Waals surface area contributed by atoms with Crippen LogP contribution in [0.1, 0.15) is 30.1 Å². The van der Waals surface area contributed by atoms with Gasteiger partial charge in [0, 0.05) is 18.7 Å². The van der Waals surface area contributed by atoms with Crippen molar-refractivity contribution >= 4 is 22.9 Å². The average Bonchev–Trinajstić information content (AvgIpc) is 2.94. The van der Waals surface area contributed by atoms with Gasteiger partial charge in [-0.05, 0) is 38.0 Å². The minimum Gasteiger partial charge on any atom is -0.481 e. The van der Waals surface area contributed by atoms with Gasteiger partial charge in [-0.15, -0.1) is 0 Å². The number of aromatic amines is 1. The molecule has 110 valence electrons. The molecule has 1 fully saturated rings. The summed E-state index contributed by atoms with van der Waals surface area (Å²) in [5, 5.41) is 9.22. The molecule has 1 aromatic heterocycles. The van der Waals surface area contributed by atoms with Crippen molar-refractivity contribution in [3.8, 4) is 0 Å². The first kappa shape index (κ1) is 13.6. The molecule has 6 nitrogen and oxygen atoms in total. The van der Waals surface area contributed by atoms with E-state index in [1.807, 2.05) is 6.07 Å². The number of aromatic nitrogens is 2. The highest BCUT2D eigenvalue weighted by Gasteiger charge is 2.38. The normalized spacial score (nSPS) is 17.9. The van der Waals surface area contributed by atoms with Crippen LogP contribution in [0.2, 0.25) is 0 Å². The monoisotopic (exact) mass is 287 g/mol. The summed E-state index contributed by atoms with van der Waals surface area (Å²) in [5.74, 6) is -0.840. The SMILES string of the molecule is CC1(C(=O)O)CCN(C(=O)c2ccc3nc[nH]c3c2)CC1. The van der Waals surface area contributed by atoms with E-state index in [1.54, 1.807) is 30.3 Å². The van der Waals surface area contributed by atoms with Crippen LogP contribution in [0.4, 0.5) is 0 Å². The van der Waals surface area contributed by atoms with Crippen LogP contribution in [0.25, 0.3) is 11.0 Å². The molecule has 21 heavy (non-hydrogen) atoms. The minimum atomic E-state index is -0.784. The number of amides is 1. The lowest BCUT2D eigenvalue weighted by atomic mass is 9.80. The summed E-state index contributed by atoms with van der Waals surface area (Å²) in [6.07, 6.45) is 2.57. The van der Waals surface area contributed by atoms with E-state index in [9.17, 15) is 14.7 Å². The zero-order chi connectivity index (χ0) is 15.0. The number of nitrogens with one attached hydrogen (secondary N) is 1. The fourth-order valence-electron chi connectivity index (χ4n) is 2.67. The van der Waals surface area contributed by atoms with Gasteiger partial charge < -0.3 is 15.0 Å². The van der Waals surface area contributed by atoms with Crippen LogP contribution in [0, 0.1) is 5.41 Å². The molecule has 3 rings (SSSR count). The van der Waals surface area contributed by atoms with Gasteiger partial charge in [0.1, 0.15) is 0 Å². The Morgan fingerprint density at radius 3 is 2.71 bits per heavy atom. The van der Waals surface area contributed by atoms with Crippen molar-refractivity contribution in [2.75, 3.05) is 13.1 Å². The van der Waals surface area contributed by atoms with Gasteiger partial charge in [0.2, 0.25) is 0 Å². The number of hydrogen-bond donors (Lipinski definition) is 2. The maximum absolute atomic E-state index is 12.5. The quantitative estimate of drug-likeness (QED) is 0.883. The molecule has 0 bridgehead atoms. The highest BCUT2D eigenvalue weighted by molar-refractivity contribution is 5.97. The zero-order valence-electron chi connectivity index (χ0n) is 11.8. The summed E-state index contributed by atoms with van der Waals surface area (Å²) in [6, 6.07) is 5.36. The number of piperidine rings is 1. The first-order valence-corrected chi connectivity index (χ1v) is 6.95. The van der Waals surface area contributed by atoms with E-state index >= 15 is 0 Å². The molecule has 6 heteroatoms. The summed E-state index contributed by atoms with van der Waals surface area (Å²) >= 11 is 0. The van der Waals surface area contributed by atoms with Crippen LogP contribution >= 0.6 is 0 Å². The number of carbonyl (C=O) groups is 2. The van der Waals surface area contributed by atoms with E-state index in [4.69, 9.17) is 0 Å². The molecular formula is C15H17N3O3. The molecule has 0 unspecified atom stereocenters. The molecule has 0 spiro atoms. The van der Waals surface area contributed by atoms with Crippen molar-refractivity contribution in [1.82, 2.24) is 14.9 Å². The molecule has 2 heterocycles.